The molecule has 104 valence electrons. The average Bonchev–Trinajstić information content (AvgIpc) is 2.47. The fourth-order valence-corrected chi connectivity index (χ4v) is 2.48. The van der Waals surface area contributed by atoms with Gasteiger partial charge >= 0.3 is 0 Å². The SMILES string of the molecule is O=C(c1cnc2ccccn2c1=O)N1CCC[C@H](O)C1. The van der Waals surface area contributed by atoms with E-state index >= 15 is 0 Å². The number of piperidine rings is 1. The molecule has 0 spiro atoms. The third kappa shape index (κ3) is 2.18. The Balaban J connectivity index is 1.99. The first-order chi connectivity index (χ1) is 9.66. The minimum absolute atomic E-state index is 0.0443. The number of aliphatic hydroxyl groups excluding tert-OH is 1. The molecule has 2 aromatic rings. The van der Waals surface area contributed by atoms with E-state index in [4.69, 9.17) is 0 Å². The van der Waals surface area contributed by atoms with Crippen molar-refractivity contribution < 1.29 is 9.90 Å². The van der Waals surface area contributed by atoms with Crippen molar-refractivity contribution in [2.45, 2.75) is 18.9 Å². The summed E-state index contributed by atoms with van der Waals surface area (Å²) in [5.74, 6) is -0.362. The van der Waals surface area contributed by atoms with Crippen molar-refractivity contribution in [3.63, 3.8) is 0 Å². The van der Waals surface area contributed by atoms with Gasteiger partial charge in [0.25, 0.3) is 11.5 Å². The molecule has 1 fully saturated rings. The lowest BCUT2D eigenvalue weighted by Gasteiger charge is -2.29. The number of β-amino-alcohol motifs (C(OH)–C–C–N with tert-alkyl or cyclic N) is 1. The van der Waals surface area contributed by atoms with Gasteiger partial charge in [0, 0.05) is 25.5 Å². The molecule has 20 heavy (non-hydrogen) atoms. The van der Waals surface area contributed by atoms with Crippen LogP contribution < -0.4 is 5.56 Å². The van der Waals surface area contributed by atoms with Gasteiger partial charge in [0.05, 0.1) is 6.10 Å². The van der Waals surface area contributed by atoms with Crippen molar-refractivity contribution in [1.29, 1.82) is 0 Å². The second-order valence-corrected chi connectivity index (χ2v) is 4.95. The maximum Gasteiger partial charge on any atom is 0.270 e. The number of pyridine rings is 1. The smallest absolute Gasteiger partial charge is 0.270 e. The minimum Gasteiger partial charge on any atom is -0.391 e. The highest BCUT2D eigenvalue weighted by Crippen LogP contribution is 2.12. The molecule has 0 aromatic carbocycles. The molecule has 0 unspecified atom stereocenters. The molecule has 0 saturated carbocycles. The molecule has 3 heterocycles. The van der Waals surface area contributed by atoms with Gasteiger partial charge in [-0.15, -0.1) is 0 Å². The van der Waals surface area contributed by atoms with Gasteiger partial charge in [-0.25, -0.2) is 4.98 Å². The summed E-state index contributed by atoms with van der Waals surface area (Å²) in [5.41, 5.74) is 0.177. The third-order valence-corrected chi connectivity index (χ3v) is 3.53. The van der Waals surface area contributed by atoms with Crippen LogP contribution in [0.2, 0.25) is 0 Å². The van der Waals surface area contributed by atoms with Gasteiger partial charge in [0.2, 0.25) is 0 Å². The van der Waals surface area contributed by atoms with Crippen molar-refractivity contribution in [3.05, 3.63) is 46.5 Å². The van der Waals surface area contributed by atoms with Crippen LogP contribution in [0.4, 0.5) is 0 Å². The molecule has 6 nitrogen and oxygen atoms in total. The summed E-state index contributed by atoms with van der Waals surface area (Å²) in [4.78, 5) is 30.3. The Hall–Kier alpha value is -2.21. The van der Waals surface area contributed by atoms with Crippen LogP contribution in [0.3, 0.4) is 0 Å². The topological polar surface area (TPSA) is 74.9 Å². The van der Waals surface area contributed by atoms with Gasteiger partial charge in [0.1, 0.15) is 11.2 Å². The van der Waals surface area contributed by atoms with Crippen LogP contribution in [-0.4, -0.2) is 44.5 Å². The molecular weight excluding hydrogens is 258 g/mol. The lowest BCUT2D eigenvalue weighted by molar-refractivity contribution is 0.0472. The molecule has 3 rings (SSSR count). The van der Waals surface area contributed by atoms with Crippen molar-refractivity contribution in [1.82, 2.24) is 14.3 Å². The molecule has 1 saturated heterocycles. The molecule has 0 aliphatic carbocycles. The Morgan fingerprint density at radius 1 is 1.40 bits per heavy atom. The standard InChI is InChI=1S/C14H15N3O3/c18-10-4-3-6-16(9-10)13(19)11-8-15-12-5-1-2-7-17(12)14(11)20/h1-2,5,7-8,10,18H,3-4,6,9H2/t10-/m0/s1. The van der Waals surface area contributed by atoms with Gasteiger partial charge in [-0.2, -0.15) is 0 Å². The Kier molecular flexibility index (Phi) is 3.23. The molecule has 1 aliphatic rings. The van der Waals surface area contributed by atoms with Gasteiger partial charge in [-0.1, -0.05) is 6.07 Å². The number of likely N-dealkylation sites (tertiary alicyclic amines) is 1. The van der Waals surface area contributed by atoms with Crippen LogP contribution in [0.5, 0.6) is 0 Å². The Labute approximate surface area is 115 Å². The van der Waals surface area contributed by atoms with E-state index in [2.05, 4.69) is 4.98 Å². The number of carbonyl (C=O) groups excluding carboxylic acids is 1. The number of fused-ring (bicyclic) bond motifs is 1. The molecule has 1 atom stereocenters. The first-order valence-electron chi connectivity index (χ1n) is 6.60. The zero-order valence-corrected chi connectivity index (χ0v) is 10.9. The number of aliphatic hydroxyl groups is 1. The Bertz CT molecular complexity index is 710. The van der Waals surface area contributed by atoms with E-state index in [0.717, 1.165) is 6.42 Å². The Morgan fingerprint density at radius 3 is 3.05 bits per heavy atom. The average molecular weight is 273 g/mol. The van der Waals surface area contributed by atoms with E-state index in [9.17, 15) is 14.7 Å². The highest BCUT2D eigenvalue weighted by Gasteiger charge is 2.25. The van der Waals surface area contributed by atoms with E-state index in [1.807, 2.05) is 0 Å². The third-order valence-electron chi connectivity index (χ3n) is 3.53. The zero-order chi connectivity index (χ0) is 14.1. The molecule has 0 bridgehead atoms. The molecule has 2 aromatic heterocycles. The summed E-state index contributed by atoms with van der Waals surface area (Å²) in [6, 6.07) is 5.21. The van der Waals surface area contributed by atoms with Crippen LogP contribution in [0.15, 0.2) is 35.4 Å². The van der Waals surface area contributed by atoms with E-state index < -0.39 is 6.10 Å². The quantitative estimate of drug-likeness (QED) is 0.810. The molecule has 6 heteroatoms. The molecule has 1 amide bonds. The normalized spacial score (nSPS) is 19.2. The van der Waals surface area contributed by atoms with Crippen LogP contribution >= 0.6 is 0 Å². The maximum absolute atomic E-state index is 12.4. The van der Waals surface area contributed by atoms with E-state index in [1.165, 1.54) is 15.5 Å². The fourth-order valence-electron chi connectivity index (χ4n) is 2.48. The van der Waals surface area contributed by atoms with Gasteiger partial charge < -0.3 is 10.0 Å². The number of nitrogens with zero attached hydrogens (tertiary/aromatic N) is 3. The number of hydrogen-bond donors (Lipinski definition) is 1. The van der Waals surface area contributed by atoms with Gasteiger partial charge in [-0.3, -0.25) is 14.0 Å². The number of rotatable bonds is 1. The van der Waals surface area contributed by atoms with Crippen LogP contribution in [0, 0.1) is 0 Å². The summed E-state index contributed by atoms with van der Waals surface area (Å²) < 4.78 is 1.35. The van der Waals surface area contributed by atoms with E-state index in [0.29, 0.717) is 18.6 Å². The maximum atomic E-state index is 12.4. The second kappa shape index (κ2) is 5.05. The lowest BCUT2D eigenvalue weighted by Crippen LogP contribution is -2.44. The highest BCUT2D eigenvalue weighted by molar-refractivity contribution is 5.93. The predicted octanol–water partition coefficient (Wildman–Crippen LogP) is 0.291. The molecule has 0 radical (unpaired) electrons. The fraction of sp³-hybridized carbons (Fsp3) is 0.357. The first kappa shape index (κ1) is 12.8. The van der Waals surface area contributed by atoms with Crippen molar-refractivity contribution in [2.75, 3.05) is 13.1 Å². The van der Waals surface area contributed by atoms with Gasteiger partial charge in [0.15, 0.2) is 0 Å². The van der Waals surface area contributed by atoms with Crippen LogP contribution in [0.1, 0.15) is 23.2 Å². The van der Waals surface area contributed by atoms with Crippen molar-refractivity contribution >= 4 is 11.6 Å². The first-order valence-corrected chi connectivity index (χ1v) is 6.60. The number of amides is 1. The summed E-state index contributed by atoms with van der Waals surface area (Å²) in [6.45, 7) is 0.836. The lowest BCUT2D eigenvalue weighted by atomic mass is 10.1. The van der Waals surface area contributed by atoms with Crippen LogP contribution in [-0.2, 0) is 0 Å². The molecule has 1 N–H and O–H groups in total. The van der Waals surface area contributed by atoms with E-state index in [1.54, 1.807) is 24.4 Å². The number of hydrogen-bond acceptors (Lipinski definition) is 4. The highest BCUT2D eigenvalue weighted by atomic mass is 16.3. The van der Waals surface area contributed by atoms with E-state index in [-0.39, 0.29) is 23.6 Å². The van der Waals surface area contributed by atoms with Crippen molar-refractivity contribution in [2.24, 2.45) is 0 Å². The second-order valence-electron chi connectivity index (χ2n) is 4.95. The number of carbonyl (C=O) groups is 1. The molecular formula is C14H15N3O3. The summed E-state index contributed by atoms with van der Waals surface area (Å²) in [7, 11) is 0. The minimum atomic E-state index is -0.510. The summed E-state index contributed by atoms with van der Waals surface area (Å²) >= 11 is 0. The Morgan fingerprint density at radius 2 is 2.25 bits per heavy atom. The summed E-state index contributed by atoms with van der Waals surface area (Å²) in [5, 5.41) is 9.62. The van der Waals surface area contributed by atoms with Gasteiger partial charge in [-0.05, 0) is 25.0 Å². The monoisotopic (exact) mass is 273 g/mol. The molecule has 1 aliphatic heterocycles. The zero-order valence-electron chi connectivity index (χ0n) is 10.9. The largest absolute Gasteiger partial charge is 0.391 e. The number of aromatic nitrogens is 2. The summed E-state index contributed by atoms with van der Waals surface area (Å²) in [6.07, 6.45) is 3.84. The predicted molar refractivity (Wildman–Crippen MR) is 72.6 cm³/mol. The van der Waals surface area contributed by atoms with Crippen molar-refractivity contribution in [3.8, 4) is 0 Å². The van der Waals surface area contributed by atoms with Crippen LogP contribution in [0.25, 0.3) is 5.65 Å².